The maximum absolute atomic E-state index is 11.9. The Balaban J connectivity index is 1.67. The van der Waals surface area contributed by atoms with E-state index in [2.05, 4.69) is 23.1 Å². The van der Waals surface area contributed by atoms with Crippen LogP contribution in [-0.2, 0) is 4.79 Å². The van der Waals surface area contributed by atoms with Crippen LogP contribution in [0.4, 0.5) is 0 Å². The number of aldehydes is 1. The second-order valence-corrected chi connectivity index (χ2v) is 6.74. The fourth-order valence-electron chi connectivity index (χ4n) is 3.97. The molecule has 2 heterocycles. The lowest BCUT2D eigenvalue weighted by Gasteiger charge is -2.38. The van der Waals surface area contributed by atoms with Crippen LogP contribution in [0, 0.1) is 5.92 Å². The van der Waals surface area contributed by atoms with E-state index >= 15 is 0 Å². The van der Waals surface area contributed by atoms with E-state index in [0.29, 0.717) is 12.5 Å². The molecule has 2 aliphatic rings. The summed E-state index contributed by atoms with van der Waals surface area (Å²) in [5.41, 5.74) is 1.45. The van der Waals surface area contributed by atoms with Crippen molar-refractivity contribution < 1.29 is 9.53 Å². The quantitative estimate of drug-likeness (QED) is 0.811. The van der Waals surface area contributed by atoms with Gasteiger partial charge in [-0.2, -0.15) is 0 Å². The lowest BCUT2D eigenvalue weighted by molar-refractivity contribution is -0.126. The average Bonchev–Trinajstić information content (AvgIpc) is 2.95. The van der Waals surface area contributed by atoms with Gasteiger partial charge < -0.3 is 4.74 Å². The van der Waals surface area contributed by atoms with Crippen molar-refractivity contribution in [1.82, 2.24) is 4.90 Å². The van der Waals surface area contributed by atoms with Gasteiger partial charge in [-0.25, -0.2) is 0 Å². The Bertz CT molecular complexity index is 686. The van der Waals surface area contributed by atoms with Crippen LogP contribution in [0.25, 0.3) is 11.1 Å². The number of benzene rings is 2. The molecule has 0 aliphatic carbocycles. The summed E-state index contributed by atoms with van der Waals surface area (Å²) in [5.74, 6) is 1.38. The Labute approximate surface area is 136 Å². The van der Waals surface area contributed by atoms with E-state index in [1.807, 2.05) is 36.4 Å². The molecule has 3 nitrogen and oxygen atoms in total. The van der Waals surface area contributed by atoms with Crippen LogP contribution in [0.5, 0.6) is 5.75 Å². The molecule has 2 aromatic rings. The first kappa shape index (κ1) is 14.5. The number of para-hydroxylation sites is 1. The van der Waals surface area contributed by atoms with Crippen molar-refractivity contribution in [2.24, 2.45) is 5.92 Å². The van der Waals surface area contributed by atoms with Gasteiger partial charge in [-0.05, 0) is 36.9 Å². The van der Waals surface area contributed by atoms with Gasteiger partial charge in [-0.15, -0.1) is 0 Å². The first-order valence-electron chi connectivity index (χ1n) is 8.30. The molecule has 0 saturated carbocycles. The molecule has 0 aromatic heterocycles. The van der Waals surface area contributed by atoms with Gasteiger partial charge >= 0.3 is 0 Å². The molecule has 0 spiro atoms. The summed E-state index contributed by atoms with van der Waals surface area (Å²) in [6, 6.07) is 18.2. The van der Waals surface area contributed by atoms with Crippen LogP contribution in [0.3, 0.4) is 0 Å². The first-order valence-corrected chi connectivity index (χ1v) is 8.30. The lowest BCUT2D eigenvalue weighted by Crippen LogP contribution is -2.52. The van der Waals surface area contributed by atoms with Crippen molar-refractivity contribution in [3.8, 4) is 16.9 Å². The number of nitrogens with zero attached hydrogens (tertiary/aromatic N) is 1. The minimum atomic E-state index is -0.704. The highest BCUT2D eigenvalue weighted by Crippen LogP contribution is 2.38. The van der Waals surface area contributed by atoms with Crippen molar-refractivity contribution in [1.29, 1.82) is 0 Å². The van der Waals surface area contributed by atoms with E-state index in [4.69, 9.17) is 4.74 Å². The number of ether oxygens (including phenoxy) is 1. The third-order valence-corrected chi connectivity index (χ3v) is 5.00. The van der Waals surface area contributed by atoms with Gasteiger partial charge in [0, 0.05) is 18.7 Å². The molecule has 0 amide bonds. The number of hydrogen-bond acceptors (Lipinski definition) is 3. The molecule has 3 heteroatoms. The van der Waals surface area contributed by atoms with E-state index in [0.717, 1.165) is 42.7 Å². The zero-order valence-electron chi connectivity index (χ0n) is 13.2. The van der Waals surface area contributed by atoms with Gasteiger partial charge in [0.1, 0.15) is 5.75 Å². The van der Waals surface area contributed by atoms with Crippen molar-refractivity contribution in [3.05, 3.63) is 54.6 Å². The Morgan fingerprint density at radius 1 is 1.09 bits per heavy atom. The van der Waals surface area contributed by atoms with Gasteiger partial charge in [0.05, 0.1) is 0 Å². The highest BCUT2D eigenvalue weighted by Gasteiger charge is 2.45. The Hall–Kier alpha value is -2.13. The summed E-state index contributed by atoms with van der Waals surface area (Å²) >= 11 is 0. The van der Waals surface area contributed by atoms with Gasteiger partial charge in [0.15, 0.2) is 11.9 Å². The maximum Gasteiger partial charge on any atom is 0.177 e. The van der Waals surface area contributed by atoms with Gasteiger partial charge in [-0.1, -0.05) is 48.5 Å². The standard InChI is InChI=1S/C20H21NO2/c22-15-20(12-16-10-11-21(13-16)14-20)23-19-9-5-4-8-18(19)17-6-2-1-3-7-17/h1-9,15-16H,10-14H2. The number of fused-ring (bicyclic) bond motifs is 2. The minimum Gasteiger partial charge on any atom is -0.478 e. The summed E-state index contributed by atoms with van der Waals surface area (Å²) in [6.45, 7) is 2.90. The van der Waals surface area contributed by atoms with Crippen LogP contribution in [0.15, 0.2) is 54.6 Å². The average molecular weight is 307 g/mol. The fraction of sp³-hybridized carbons (Fsp3) is 0.350. The molecular formula is C20H21NO2. The molecule has 2 saturated heterocycles. The fourth-order valence-corrected chi connectivity index (χ4v) is 3.97. The van der Waals surface area contributed by atoms with Gasteiger partial charge in [-0.3, -0.25) is 9.69 Å². The lowest BCUT2D eigenvalue weighted by atomic mass is 9.88. The van der Waals surface area contributed by atoms with E-state index < -0.39 is 5.60 Å². The number of carbonyl (C=O) groups excluding carboxylic acids is 1. The normalized spacial score (nSPS) is 29.2. The Morgan fingerprint density at radius 2 is 1.87 bits per heavy atom. The second kappa shape index (κ2) is 5.82. The minimum absolute atomic E-state index is 0.581. The zero-order valence-corrected chi connectivity index (χ0v) is 13.2. The molecule has 0 radical (unpaired) electrons. The molecule has 4 rings (SSSR count). The maximum atomic E-state index is 11.9. The van der Waals surface area contributed by atoms with E-state index in [1.165, 1.54) is 6.42 Å². The monoisotopic (exact) mass is 307 g/mol. The summed E-state index contributed by atoms with van der Waals surface area (Å²) in [5, 5.41) is 0. The van der Waals surface area contributed by atoms with Crippen molar-refractivity contribution in [3.63, 3.8) is 0 Å². The third-order valence-electron chi connectivity index (χ3n) is 5.00. The summed E-state index contributed by atoms with van der Waals surface area (Å²) < 4.78 is 6.35. The highest BCUT2D eigenvalue weighted by molar-refractivity contribution is 5.72. The molecule has 118 valence electrons. The Morgan fingerprint density at radius 3 is 2.65 bits per heavy atom. The van der Waals surface area contributed by atoms with Crippen LogP contribution in [0.1, 0.15) is 12.8 Å². The predicted molar refractivity (Wildman–Crippen MR) is 90.5 cm³/mol. The third kappa shape index (κ3) is 2.77. The molecule has 2 bridgehead atoms. The Kier molecular flexibility index (Phi) is 3.66. The molecule has 0 N–H and O–H groups in total. The molecular weight excluding hydrogens is 286 g/mol. The number of rotatable bonds is 4. The smallest absolute Gasteiger partial charge is 0.177 e. The first-order chi connectivity index (χ1) is 11.3. The van der Waals surface area contributed by atoms with Crippen molar-refractivity contribution >= 4 is 6.29 Å². The van der Waals surface area contributed by atoms with Gasteiger partial charge in [0.2, 0.25) is 0 Å². The summed E-state index contributed by atoms with van der Waals surface area (Å²) in [7, 11) is 0. The van der Waals surface area contributed by atoms with Crippen LogP contribution in [0.2, 0.25) is 0 Å². The molecule has 2 aliphatic heterocycles. The second-order valence-electron chi connectivity index (χ2n) is 6.74. The molecule has 3 atom stereocenters. The van der Waals surface area contributed by atoms with E-state index in [9.17, 15) is 4.79 Å². The molecule has 3 unspecified atom stereocenters. The SMILES string of the molecule is O=CC1(Oc2ccccc2-c2ccccc2)CC2CCN(C2)C1. The zero-order chi connectivity index (χ0) is 15.7. The van der Waals surface area contributed by atoms with Crippen molar-refractivity contribution in [2.75, 3.05) is 19.6 Å². The molecule has 2 aromatic carbocycles. The summed E-state index contributed by atoms with van der Waals surface area (Å²) in [4.78, 5) is 14.3. The number of hydrogen-bond donors (Lipinski definition) is 0. The molecule has 2 fully saturated rings. The topological polar surface area (TPSA) is 29.5 Å². The van der Waals surface area contributed by atoms with Crippen molar-refractivity contribution in [2.45, 2.75) is 18.4 Å². The van der Waals surface area contributed by atoms with E-state index in [1.54, 1.807) is 0 Å². The van der Waals surface area contributed by atoms with Crippen LogP contribution in [-0.4, -0.2) is 36.4 Å². The highest BCUT2D eigenvalue weighted by atomic mass is 16.5. The summed E-state index contributed by atoms with van der Waals surface area (Å²) in [6.07, 6.45) is 3.04. The molecule has 23 heavy (non-hydrogen) atoms. The number of piperidine rings is 1. The van der Waals surface area contributed by atoms with Gasteiger partial charge in [0.25, 0.3) is 0 Å². The predicted octanol–water partition coefficient (Wildman–Crippen LogP) is 3.40. The van der Waals surface area contributed by atoms with E-state index in [-0.39, 0.29) is 0 Å². The van der Waals surface area contributed by atoms with Crippen LogP contribution >= 0.6 is 0 Å². The number of carbonyl (C=O) groups is 1. The largest absolute Gasteiger partial charge is 0.478 e. The van der Waals surface area contributed by atoms with Crippen LogP contribution < -0.4 is 4.74 Å².